The van der Waals surface area contributed by atoms with Crippen LogP contribution >= 0.6 is 0 Å². The fourth-order valence-electron chi connectivity index (χ4n) is 1.52. The summed E-state index contributed by atoms with van der Waals surface area (Å²) in [6.07, 6.45) is -3.53. The van der Waals surface area contributed by atoms with E-state index in [1.807, 2.05) is 0 Å². The van der Waals surface area contributed by atoms with E-state index in [1.165, 1.54) is 0 Å². The summed E-state index contributed by atoms with van der Waals surface area (Å²) < 4.78 is 8.85. The number of ether oxygens (including phenoxy) is 2. The number of nitrogens with zero attached hydrogens (tertiary/aromatic N) is 2. The van der Waals surface area contributed by atoms with Gasteiger partial charge in [0.2, 0.25) is 0 Å². The van der Waals surface area contributed by atoms with Crippen LogP contribution < -0.4 is 0 Å². The van der Waals surface area contributed by atoms with Gasteiger partial charge in [-0.15, -0.1) is 20.2 Å². The SMILES string of the molecule is COC(=O)CC(O)(CC(=O)O)C(=O)O.O=C(O)CCOC[C@@H](CO[N+](=O)[O-])O[N+](=O)[O-]. The van der Waals surface area contributed by atoms with Gasteiger partial charge in [0.1, 0.15) is 6.61 Å². The lowest BCUT2D eigenvalue weighted by molar-refractivity contribution is -0.790. The van der Waals surface area contributed by atoms with Crippen LogP contribution in [0.25, 0.3) is 0 Å². The van der Waals surface area contributed by atoms with Gasteiger partial charge in [0.15, 0.2) is 11.7 Å². The molecule has 0 spiro atoms. The van der Waals surface area contributed by atoms with Gasteiger partial charge in [-0.05, 0) is 0 Å². The number of methoxy groups -OCH3 is 1. The second-order valence-electron chi connectivity index (χ2n) is 5.35. The summed E-state index contributed by atoms with van der Waals surface area (Å²) in [6, 6.07) is 0. The molecule has 18 heteroatoms. The molecule has 31 heavy (non-hydrogen) atoms. The topological polar surface area (TPSA) is 272 Å². The Hall–Kier alpha value is -3.80. The maximum Gasteiger partial charge on any atom is 0.336 e. The largest absolute Gasteiger partial charge is 0.481 e. The Bertz CT molecular complexity index is 651. The van der Waals surface area contributed by atoms with Crippen molar-refractivity contribution in [2.75, 3.05) is 26.9 Å². The predicted molar refractivity (Wildman–Crippen MR) is 89.4 cm³/mol. The summed E-state index contributed by atoms with van der Waals surface area (Å²) in [5.41, 5.74) is -2.61. The zero-order valence-corrected chi connectivity index (χ0v) is 15.9. The van der Waals surface area contributed by atoms with Gasteiger partial charge < -0.3 is 39.6 Å². The van der Waals surface area contributed by atoms with E-state index < -0.39 is 65.2 Å². The van der Waals surface area contributed by atoms with Crippen molar-refractivity contribution < 1.29 is 68.9 Å². The number of esters is 1. The maximum atomic E-state index is 10.7. The Labute approximate surface area is 172 Å². The maximum absolute atomic E-state index is 10.7. The molecule has 0 aromatic carbocycles. The Morgan fingerprint density at radius 2 is 1.55 bits per heavy atom. The molecule has 1 unspecified atom stereocenters. The molecule has 2 atom stereocenters. The molecule has 0 saturated heterocycles. The molecule has 0 heterocycles. The van der Waals surface area contributed by atoms with Crippen molar-refractivity contribution in [2.45, 2.75) is 31.0 Å². The number of hydrogen-bond donors (Lipinski definition) is 4. The highest BCUT2D eigenvalue weighted by Gasteiger charge is 2.41. The van der Waals surface area contributed by atoms with E-state index in [9.17, 15) is 44.5 Å². The molecule has 18 nitrogen and oxygen atoms in total. The van der Waals surface area contributed by atoms with Crippen LogP contribution in [0, 0.1) is 20.2 Å². The Morgan fingerprint density at radius 1 is 0.968 bits per heavy atom. The molecule has 178 valence electrons. The Balaban J connectivity index is 0. The van der Waals surface area contributed by atoms with E-state index >= 15 is 0 Å². The first kappa shape index (κ1) is 29.4. The van der Waals surface area contributed by atoms with Gasteiger partial charge in [-0.2, -0.15) is 0 Å². The zero-order chi connectivity index (χ0) is 24.6. The van der Waals surface area contributed by atoms with Crippen LogP contribution in [-0.4, -0.2) is 93.1 Å². The lowest BCUT2D eigenvalue weighted by Gasteiger charge is -2.19. The Morgan fingerprint density at radius 3 is 1.94 bits per heavy atom. The van der Waals surface area contributed by atoms with Crippen molar-refractivity contribution >= 4 is 23.9 Å². The Kier molecular flexibility index (Phi) is 14.3. The monoisotopic (exact) mass is 460 g/mol. The lowest BCUT2D eigenvalue weighted by Crippen LogP contribution is -2.42. The van der Waals surface area contributed by atoms with Crippen molar-refractivity contribution in [1.29, 1.82) is 0 Å². The molecule has 0 aromatic rings. The van der Waals surface area contributed by atoms with Crippen LogP contribution in [0.4, 0.5) is 0 Å². The van der Waals surface area contributed by atoms with Crippen molar-refractivity contribution in [2.24, 2.45) is 0 Å². The molecule has 0 aromatic heterocycles. The molecule has 0 aliphatic heterocycles. The second-order valence-corrected chi connectivity index (χ2v) is 5.35. The van der Waals surface area contributed by atoms with Crippen LogP contribution in [0.5, 0.6) is 0 Å². The average Bonchev–Trinajstić information content (AvgIpc) is 2.61. The van der Waals surface area contributed by atoms with Gasteiger partial charge in [0.25, 0.3) is 10.2 Å². The summed E-state index contributed by atoms with van der Waals surface area (Å²) in [6.45, 7) is -1.26. The van der Waals surface area contributed by atoms with Gasteiger partial charge in [-0.1, -0.05) is 0 Å². The van der Waals surface area contributed by atoms with Crippen LogP contribution in [0.1, 0.15) is 19.3 Å². The standard InChI is InChI=1S/C7H10O7.C6H10N2O9/c1-14-5(10)3-7(13,6(11)12)2-4(8)9;9-6(10)1-2-15-3-5(17-8(13)14)4-16-7(11)12/h13H,2-3H2,1H3,(H,8,9)(H,11,12);5H,1-4H2,(H,9,10)/t;5-/m.0/s1. The molecule has 0 amide bonds. The number of carbonyl (C=O) groups excluding carboxylic acids is 1. The molecule has 0 bridgehead atoms. The molecule has 0 aliphatic rings. The predicted octanol–water partition coefficient (Wildman–Crippen LogP) is -1.90. The highest BCUT2D eigenvalue weighted by Crippen LogP contribution is 2.16. The van der Waals surface area contributed by atoms with Crippen molar-refractivity contribution in [3.63, 3.8) is 0 Å². The van der Waals surface area contributed by atoms with Gasteiger partial charge in [-0.3, -0.25) is 14.4 Å². The third-order valence-electron chi connectivity index (χ3n) is 2.87. The number of aliphatic carboxylic acids is 3. The minimum atomic E-state index is -2.61. The number of carboxylic acids is 3. The van der Waals surface area contributed by atoms with E-state index in [0.717, 1.165) is 7.11 Å². The number of carbonyl (C=O) groups is 4. The minimum absolute atomic E-state index is 0.189. The number of rotatable bonds is 15. The third kappa shape index (κ3) is 16.8. The summed E-state index contributed by atoms with van der Waals surface area (Å²) in [5, 5.41) is 51.9. The highest BCUT2D eigenvalue weighted by molar-refractivity contribution is 5.88. The molecule has 0 aliphatic carbocycles. The van der Waals surface area contributed by atoms with E-state index in [-0.39, 0.29) is 19.6 Å². The van der Waals surface area contributed by atoms with Crippen LogP contribution in [0.2, 0.25) is 0 Å². The van der Waals surface area contributed by atoms with Gasteiger partial charge in [0, 0.05) is 0 Å². The van der Waals surface area contributed by atoms with Gasteiger partial charge >= 0.3 is 23.9 Å². The van der Waals surface area contributed by atoms with Crippen molar-refractivity contribution in [3.05, 3.63) is 20.2 Å². The van der Waals surface area contributed by atoms with Crippen molar-refractivity contribution in [1.82, 2.24) is 0 Å². The fourth-order valence-corrected chi connectivity index (χ4v) is 1.52. The number of aliphatic hydroxyl groups is 1. The van der Waals surface area contributed by atoms with Crippen LogP contribution in [0.3, 0.4) is 0 Å². The van der Waals surface area contributed by atoms with E-state index in [4.69, 9.17) is 20.1 Å². The summed E-state index contributed by atoms with van der Waals surface area (Å²) in [4.78, 5) is 69.2. The molecule has 0 saturated carbocycles. The molecule has 0 fully saturated rings. The molecule has 4 N–H and O–H groups in total. The molecule has 0 rings (SSSR count). The molecular weight excluding hydrogens is 440 g/mol. The van der Waals surface area contributed by atoms with E-state index in [1.54, 1.807) is 0 Å². The smallest absolute Gasteiger partial charge is 0.336 e. The number of hydrogen-bond acceptors (Lipinski definition) is 13. The summed E-state index contributed by atoms with van der Waals surface area (Å²) in [7, 11) is 1.01. The summed E-state index contributed by atoms with van der Waals surface area (Å²) >= 11 is 0. The van der Waals surface area contributed by atoms with Crippen LogP contribution in [0.15, 0.2) is 0 Å². The fraction of sp³-hybridized carbons (Fsp3) is 0.692. The highest BCUT2D eigenvalue weighted by atomic mass is 17.0. The first-order chi connectivity index (χ1) is 14.2. The van der Waals surface area contributed by atoms with Gasteiger partial charge in [-0.25, -0.2) is 4.79 Å². The van der Waals surface area contributed by atoms with E-state index in [2.05, 4.69) is 14.4 Å². The molecular formula is C13H20N2O16. The third-order valence-corrected chi connectivity index (χ3v) is 2.87. The average molecular weight is 460 g/mol. The minimum Gasteiger partial charge on any atom is -0.481 e. The molecule has 0 radical (unpaired) electrons. The summed E-state index contributed by atoms with van der Waals surface area (Å²) in [5.74, 6) is -5.38. The first-order valence-corrected chi connectivity index (χ1v) is 7.85. The lowest BCUT2D eigenvalue weighted by atomic mass is 9.96. The van der Waals surface area contributed by atoms with Crippen LogP contribution in [-0.2, 0) is 38.3 Å². The normalized spacial score (nSPS) is 12.7. The second kappa shape index (κ2) is 15.1. The quantitative estimate of drug-likeness (QED) is 0.0898. The zero-order valence-electron chi connectivity index (χ0n) is 15.9. The van der Waals surface area contributed by atoms with Crippen molar-refractivity contribution in [3.8, 4) is 0 Å². The van der Waals surface area contributed by atoms with E-state index in [0.29, 0.717) is 0 Å². The van der Waals surface area contributed by atoms with Gasteiger partial charge in [0.05, 0.1) is 39.6 Å². The first-order valence-electron chi connectivity index (χ1n) is 7.85. The number of carboxylic acid groups (broad SMARTS) is 3.